The summed E-state index contributed by atoms with van der Waals surface area (Å²) in [7, 11) is 0. The third-order valence-electron chi connectivity index (χ3n) is 2.21. The van der Waals surface area contributed by atoms with E-state index in [4.69, 9.17) is 21.8 Å². The van der Waals surface area contributed by atoms with Gasteiger partial charge in [-0.15, -0.1) is 12.4 Å². The van der Waals surface area contributed by atoms with E-state index in [1.165, 1.54) is 18.4 Å². The molecule has 0 radical (unpaired) electrons. The molecule has 0 saturated heterocycles. The second-order valence-corrected chi connectivity index (χ2v) is 4.11. The smallest absolute Gasteiger partial charge is 0.138 e. The van der Waals surface area contributed by atoms with Gasteiger partial charge < -0.3 is 10.2 Å². The monoisotopic (exact) mass is 263 g/mol. The second-order valence-electron chi connectivity index (χ2n) is 3.71. The molecule has 0 aliphatic rings. The van der Waals surface area contributed by atoms with E-state index in [-0.39, 0.29) is 24.3 Å². The molecular formula is C11H12Cl2FNO. The predicted molar refractivity (Wildman–Crippen MR) is 65.8 cm³/mol. The number of halogens is 3. The second kappa shape index (κ2) is 5.04. The van der Waals surface area contributed by atoms with E-state index in [9.17, 15) is 4.39 Å². The van der Waals surface area contributed by atoms with Gasteiger partial charge in [0.15, 0.2) is 0 Å². The summed E-state index contributed by atoms with van der Waals surface area (Å²) in [5.41, 5.74) is 7.06. The molecule has 0 fully saturated rings. The van der Waals surface area contributed by atoms with Gasteiger partial charge in [-0.1, -0.05) is 11.6 Å². The molecule has 88 valence electrons. The van der Waals surface area contributed by atoms with Gasteiger partial charge in [-0.05, 0) is 31.0 Å². The SMILES string of the molecule is CC(N)Cc1cc(F)cc2c(Cl)coc12.Cl. The molecule has 0 saturated carbocycles. The fraction of sp³-hybridized carbons (Fsp3) is 0.273. The van der Waals surface area contributed by atoms with Gasteiger partial charge in [0.25, 0.3) is 0 Å². The molecule has 1 heterocycles. The Morgan fingerprint density at radius 1 is 1.50 bits per heavy atom. The largest absolute Gasteiger partial charge is 0.462 e. The van der Waals surface area contributed by atoms with E-state index < -0.39 is 0 Å². The van der Waals surface area contributed by atoms with Gasteiger partial charge in [-0.3, -0.25) is 0 Å². The van der Waals surface area contributed by atoms with Crippen LogP contribution in [0.25, 0.3) is 11.0 Å². The van der Waals surface area contributed by atoms with Gasteiger partial charge in [0.1, 0.15) is 17.7 Å². The van der Waals surface area contributed by atoms with E-state index in [2.05, 4.69) is 0 Å². The van der Waals surface area contributed by atoms with Crippen LogP contribution in [0.5, 0.6) is 0 Å². The summed E-state index contributed by atoms with van der Waals surface area (Å²) in [6, 6.07) is 2.76. The summed E-state index contributed by atoms with van der Waals surface area (Å²) >= 11 is 5.86. The first-order valence-electron chi connectivity index (χ1n) is 4.68. The summed E-state index contributed by atoms with van der Waals surface area (Å²) in [5.74, 6) is -0.318. The zero-order valence-corrected chi connectivity index (χ0v) is 10.2. The molecule has 1 unspecified atom stereocenters. The Balaban J connectivity index is 0.00000128. The van der Waals surface area contributed by atoms with Crippen molar-refractivity contribution in [3.63, 3.8) is 0 Å². The summed E-state index contributed by atoms with van der Waals surface area (Å²) in [6.07, 6.45) is 1.98. The van der Waals surface area contributed by atoms with Crippen LogP contribution in [0, 0.1) is 5.82 Å². The minimum Gasteiger partial charge on any atom is -0.462 e. The maximum absolute atomic E-state index is 13.3. The highest BCUT2D eigenvalue weighted by Crippen LogP contribution is 2.29. The van der Waals surface area contributed by atoms with Gasteiger partial charge in [-0.2, -0.15) is 0 Å². The average Bonchev–Trinajstić information content (AvgIpc) is 2.47. The number of hydrogen-bond donors (Lipinski definition) is 1. The lowest BCUT2D eigenvalue weighted by Gasteiger charge is -2.05. The quantitative estimate of drug-likeness (QED) is 0.901. The van der Waals surface area contributed by atoms with E-state index in [0.717, 1.165) is 5.56 Å². The van der Waals surface area contributed by atoms with Crippen molar-refractivity contribution in [2.75, 3.05) is 0 Å². The maximum Gasteiger partial charge on any atom is 0.138 e. The zero-order chi connectivity index (χ0) is 11.0. The van der Waals surface area contributed by atoms with Crippen molar-refractivity contribution < 1.29 is 8.81 Å². The Hall–Kier alpha value is -0.770. The highest BCUT2D eigenvalue weighted by atomic mass is 35.5. The lowest BCUT2D eigenvalue weighted by atomic mass is 10.1. The molecule has 0 amide bonds. The van der Waals surface area contributed by atoms with Gasteiger partial charge in [0.2, 0.25) is 0 Å². The third-order valence-corrected chi connectivity index (χ3v) is 2.50. The molecule has 1 aromatic heterocycles. The van der Waals surface area contributed by atoms with Crippen molar-refractivity contribution >= 4 is 35.0 Å². The fourth-order valence-electron chi connectivity index (χ4n) is 1.64. The summed E-state index contributed by atoms with van der Waals surface area (Å²) in [5, 5.41) is 1.03. The minimum absolute atomic E-state index is 0. The van der Waals surface area contributed by atoms with Crippen molar-refractivity contribution in [3.8, 4) is 0 Å². The molecule has 0 bridgehead atoms. The van der Waals surface area contributed by atoms with Crippen LogP contribution in [0.15, 0.2) is 22.8 Å². The number of benzene rings is 1. The number of nitrogens with two attached hydrogens (primary N) is 1. The van der Waals surface area contributed by atoms with Crippen molar-refractivity contribution in [1.82, 2.24) is 0 Å². The predicted octanol–water partition coefficient (Wildman–Crippen LogP) is 3.54. The summed E-state index contributed by atoms with van der Waals surface area (Å²) in [6.45, 7) is 1.86. The topological polar surface area (TPSA) is 39.2 Å². The lowest BCUT2D eigenvalue weighted by molar-refractivity contribution is 0.597. The lowest BCUT2D eigenvalue weighted by Crippen LogP contribution is -2.17. The van der Waals surface area contributed by atoms with Crippen molar-refractivity contribution in [1.29, 1.82) is 0 Å². The van der Waals surface area contributed by atoms with Crippen LogP contribution in [-0.4, -0.2) is 6.04 Å². The Labute approximate surface area is 104 Å². The molecule has 2 rings (SSSR count). The first-order valence-corrected chi connectivity index (χ1v) is 5.06. The Morgan fingerprint density at radius 3 is 2.81 bits per heavy atom. The van der Waals surface area contributed by atoms with Crippen molar-refractivity contribution in [2.24, 2.45) is 5.73 Å². The Morgan fingerprint density at radius 2 is 2.19 bits per heavy atom. The van der Waals surface area contributed by atoms with Gasteiger partial charge in [-0.25, -0.2) is 4.39 Å². The molecule has 0 aliphatic carbocycles. The normalized spacial score (nSPS) is 12.5. The highest BCUT2D eigenvalue weighted by molar-refractivity contribution is 6.35. The molecule has 0 spiro atoms. The van der Waals surface area contributed by atoms with E-state index in [1.54, 1.807) is 0 Å². The Kier molecular flexibility index (Phi) is 4.19. The molecule has 2 aromatic rings. The third kappa shape index (κ3) is 2.48. The van der Waals surface area contributed by atoms with Crippen LogP contribution in [-0.2, 0) is 6.42 Å². The summed E-state index contributed by atoms with van der Waals surface area (Å²) in [4.78, 5) is 0. The number of rotatable bonds is 2. The molecule has 1 aromatic carbocycles. The number of hydrogen-bond acceptors (Lipinski definition) is 2. The van der Waals surface area contributed by atoms with Crippen LogP contribution in [0.4, 0.5) is 4.39 Å². The molecule has 2 N–H and O–H groups in total. The Bertz CT molecular complexity index is 496. The van der Waals surface area contributed by atoms with Crippen LogP contribution < -0.4 is 5.73 Å². The van der Waals surface area contributed by atoms with Crippen molar-refractivity contribution in [3.05, 3.63) is 34.8 Å². The number of fused-ring (bicyclic) bond motifs is 1. The average molecular weight is 264 g/mol. The molecule has 5 heteroatoms. The first kappa shape index (κ1) is 13.3. The van der Waals surface area contributed by atoms with Crippen LogP contribution in [0.2, 0.25) is 5.02 Å². The van der Waals surface area contributed by atoms with Crippen LogP contribution in [0.3, 0.4) is 0 Å². The van der Waals surface area contributed by atoms with Gasteiger partial charge >= 0.3 is 0 Å². The summed E-state index contributed by atoms with van der Waals surface area (Å²) < 4.78 is 18.5. The minimum atomic E-state index is -0.318. The number of furan rings is 1. The van der Waals surface area contributed by atoms with E-state index >= 15 is 0 Å². The van der Waals surface area contributed by atoms with Crippen LogP contribution >= 0.6 is 24.0 Å². The van der Waals surface area contributed by atoms with E-state index in [1.807, 2.05) is 6.92 Å². The fourth-order valence-corrected chi connectivity index (χ4v) is 1.82. The van der Waals surface area contributed by atoms with E-state index in [0.29, 0.717) is 22.4 Å². The van der Waals surface area contributed by atoms with Crippen molar-refractivity contribution in [2.45, 2.75) is 19.4 Å². The van der Waals surface area contributed by atoms with Gasteiger partial charge in [0, 0.05) is 11.4 Å². The standard InChI is InChI=1S/C11H11ClFNO.ClH/c1-6(14)2-7-3-8(13)4-9-10(12)5-15-11(7)9;/h3-6H,2,14H2,1H3;1H. The molecular weight excluding hydrogens is 252 g/mol. The molecule has 16 heavy (non-hydrogen) atoms. The first-order chi connectivity index (χ1) is 7.08. The highest BCUT2D eigenvalue weighted by Gasteiger charge is 2.12. The molecule has 0 aliphatic heterocycles. The van der Waals surface area contributed by atoms with Crippen LogP contribution in [0.1, 0.15) is 12.5 Å². The molecule has 2 nitrogen and oxygen atoms in total. The zero-order valence-electron chi connectivity index (χ0n) is 8.67. The maximum atomic E-state index is 13.3. The molecule has 1 atom stereocenters. The van der Waals surface area contributed by atoms with Gasteiger partial charge in [0.05, 0.1) is 5.02 Å².